The molecule has 2 unspecified atom stereocenters. The van der Waals surface area contributed by atoms with Crippen molar-refractivity contribution in [2.45, 2.75) is 39.8 Å². The summed E-state index contributed by atoms with van der Waals surface area (Å²) < 4.78 is 8.09. The number of anilines is 1. The summed E-state index contributed by atoms with van der Waals surface area (Å²) in [7, 11) is 0. The summed E-state index contributed by atoms with van der Waals surface area (Å²) in [6.45, 7) is 6.45. The molecule has 5 nitrogen and oxygen atoms in total. The number of rotatable bonds is 5. The molecule has 0 saturated carbocycles. The van der Waals surface area contributed by atoms with Crippen LogP contribution in [0.25, 0.3) is 11.0 Å². The molecule has 144 valence electrons. The number of nitrogens with zero attached hydrogens (tertiary/aromatic N) is 2. The van der Waals surface area contributed by atoms with Crippen LogP contribution >= 0.6 is 0 Å². The Morgan fingerprint density at radius 1 is 1.14 bits per heavy atom. The van der Waals surface area contributed by atoms with Crippen LogP contribution in [0.2, 0.25) is 0 Å². The molecule has 0 spiro atoms. The van der Waals surface area contributed by atoms with Crippen molar-refractivity contribution in [3.8, 4) is 0 Å². The molecule has 28 heavy (non-hydrogen) atoms. The van der Waals surface area contributed by atoms with E-state index >= 15 is 0 Å². The van der Waals surface area contributed by atoms with Gasteiger partial charge in [-0.1, -0.05) is 51.1 Å². The Morgan fingerprint density at radius 2 is 1.86 bits per heavy atom. The second kappa shape index (κ2) is 7.50. The highest BCUT2D eigenvalue weighted by molar-refractivity contribution is 5.89. The summed E-state index contributed by atoms with van der Waals surface area (Å²) in [5.41, 5.74) is 4.58. The average Bonchev–Trinajstić information content (AvgIpc) is 3.11. The van der Waals surface area contributed by atoms with Crippen molar-refractivity contribution < 1.29 is 9.53 Å². The number of nitrogens with one attached hydrogen (secondary N) is 1. The number of para-hydroxylation sites is 2. The Labute approximate surface area is 165 Å². The van der Waals surface area contributed by atoms with Gasteiger partial charge in [0.25, 0.3) is 0 Å². The van der Waals surface area contributed by atoms with Crippen molar-refractivity contribution in [2.75, 3.05) is 5.32 Å². The van der Waals surface area contributed by atoms with E-state index in [-0.39, 0.29) is 5.97 Å². The molecule has 1 aliphatic heterocycles. The van der Waals surface area contributed by atoms with E-state index in [9.17, 15) is 4.79 Å². The van der Waals surface area contributed by atoms with E-state index < -0.39 is 6.23 Å². The maximum Gasteiger partial charge on any atom is 0.340 e. The van der Waals surface area contributed by atoms with E-state index in [0.717, 1.165) is 41.1 Å². The van der Waals surface area contributed by atoms with Crippen LogP contribution in [0.1, 0.15) is 50.2 Å². The molecule has 0 radical (unpaired) electrons. The SMILES string of the molecule is CCC1=C(C(C)CC)Nc2nc3ccccc3n2C1OC(=O)c1ccccc1. The van der Waals surface area contributed by atoms with Gasteiger partial charge in [-0.05, 0) is 43.0 Å². The van der Waals surface area contributed by atoms with Crippen molar-refractivity contribution in [3.63, 3.8) is 0 Å². The van der Waals surface area contributed by atoms with Gasteiger partial charge in [0, 0.05) is 11.3 Å². The van der Waals surface area contributed by atoms with Gasteiger partial charge in [-0.25, -0.2) is 9.78 Å². The number of imidazole rings is 1. The molecule has 2 heterocycles. The van der Waals surface area contributed by atoms with Crippen LogP contribution in [-0.2, 0) is 4.74 Å². The maximum atomic E-state index is 12.9. The molecule has 0 amide bonds. The highest BCUT2D eigenvalue weighted by Crippen LogP contribution is 2.40. The van der Waals surface area contributed by atoms with Crippen LogP contribution in [0.5, 0.6) is 0 Å². The number of esters is 1. The van der Waals surface area contributed by atoms with Crippen LogP contribution in [0.4, 0.5) is 5.95 Å². The second-order valence-electron chi connectivity index (χ2n) is 7.14. The summed E-state index contributed by atoms with van der Waals surface area (Å²) in [6.07, 6.45) is 1.27. The number of ether oxygens (including phenoxy) is 1. The lowest BCUT2D eigenvalue weighted by molar-refractivity contribution is 0.0208. The number of benzene rings is 2. The first-order chi connectivity index (χ1) is 13.6. The van der Waals surface area contributed by atoms with Crippen molar-refractivity contribution in [1.82, 2.24) is 9.55 Å². The minimum absolute atomic E-state index is 0.321. The zero-order chi connectivity index (χ0) is 19.7. The van der Waals surface area contributed by atoms with Crippen molar-refractivity contribution in [3.05, 3.63) is 71.4 Å². The van der Waals surface area contributed by atoms with Gasteiger partial charge in [-0.15, -0.1) is 0 Å². The van der Waals surface area contributed by atoms with E-state index in [0.29, 0.717) is 11.5 Å². The predicted molar refractivity (Wildman–Crippen MR) is 111 cm³/mol. The third-order valence-electron chi connectivity index (χ3n) is 5.44. The zero-order valence-electron chi connectivity index (χ0n) is 16.5. The number of hydrogen-bond donors (Lipinski definition) is 1. The lowest BCUT2D eigenvalue weighted by Gasteiger charge is -2.33. The summed E-state index contributed by atoms with van der Waals surface area (Å²) in [6, 6.07) is 17.1. The number of hydrogen-bond acceptors (Lipinski definition) is 4. The fraction of sp³-hybridized carbons (Fsp3) is 0.304. The molecule has 5 heteroatoms. The molecule has 3 aromatic rings. The Hall–Kier alpha value is -3.08. The van der Waals surface area contributed by atoms with Crippen LogP contribution < -0.4 is 5.32 Å². The molecule has 0 fully saturated rings. The molecule has 0 saturated heterocycles. The van der Waals surface area contributed by atoms with Crippen LogP contribution in [0.15, 0.2) is 65.9 Å². The quantitative estimate of drug-likeness (QED) is 0.596. The second-order valence-corrected chi connectivity index (χ2v) is 7.14. The molecule has 2 aromatic carbocycles. The molecular formula is C23H25N3O2. The van der Waals surface area contributed by atoms with E-state index in [1.54, 1.807) is 12.1 Å². The minimum atomic E-state index is -0.509. The predicted octanol–water partition coefficient (Wildman–Crippen LogP) is 5.53. The Kier molecular flexibility index (Phi) is 4.90. The molecule has 4 rings (SSSR count). The molecule has 0 bridgehead atoms. The smallest absolute Gasteiger partial charge is 0.340 e. The zero-order valence-corrected chi connectivity index (χ0v) is 16.5. The van der Waals surface area contributed by atoms with Crippen LogP contribution in [0, 0.1) is 5.92 Å². The number of carbonyl (C=O) groups is 1. The average molecular weight is 375 g/mol. The van der Waals surface area contributed by atoms with Gasteiger partial charge < -0.3 is 10.1 Å². The lowest BCUT2D eigenvalue weighted by Crippen LogP contribution is -2.29. The topological polar surface area (TPSA) is 56.1 Å². The Balaban J connectivity index is 1.84. The molecule has 0 aliphatic carbocycles. The van der Waals surface area contributed by atoms with Gasteiger partial charge >= 0.3 is 5.97 Å². The van der Waals surface area contributed by atoms with Crippen molar-refractivity contribution >= 4 is 23.0 Å². The summed E-state index contributed by atoms with van der Waals surface area (Å²) in [5, 5.41) is 3.52. The fourth-order valence-corrected chi connectivity index (χ4v) is 3.74. The fourth-order valence-electron chi connectivity index (χ4n) is 3.74. The van der Waals surface area contributed by atoms with Crippen molar-refractivity contribution in [1.29, 1.82) is 0 Å². The largest absolute Gasteiger partial charge is 0.433 e. The van der Waals surface area contributed by atoms with Gasteiger partial charge in [0.2, 0.25) is 12.2 Å². The minimum Gasteiger partial charge on any atom is -0.433 e. The molecule has 1 aromatic heterocycles. The normalized spacial score (nSPS) is 17.2. The van der Waals surface area contributed by atoms with E-state index in [1.165, 1.54) is 0 Å². The molecule has 1 aliphatic rings. The number of aromatic nitrogens is 2. The first-order valence-corrected chi connectivity index (χ1v) is 9.87. The first-order valence-electron chi connectivity index (χ1n) is 9.87. The number of allylic oxidation sites excluding steroid dienone is 1. The van der Waals surface area contributed by atoms with E-state index in [2.05, 4.69) is 26.1 Å². The van der Waals surface area contributed by atoms with Crippen molar-refractivity contribution in [2.24, 2.45) is 5.92 Å². The standard InChI is InChI=1S/C23H25N3O2/c1-4-15(3)20-17(5-2)21(28-22(27)16-11-7-6-8-12-16)26-19-14-10-9-13-18(19)24-23(26)25-20/h6-15,21H,4-5H2,1-3H3,(H,24,25). The Morgan fingerprint density at radius 3 is 2.57 bits per heavy atom. The monoisotopic (exact) mass is 375 g/mol. The summed E-state index contributed by atoms with van der Waals surface area (Å²) in [4.78, 5) is 17.6. The highest BCUT2D eigenvalue weighted by Gasteiger charge is 2.33. The van der Waals surface area contributed by atoms with Gasteiger partial charge in [0.1, 0.15) is 0 Å². The Bertz CT molecular complexity index is 1040. The van der Waals surface area contributed by atoms with Crippen LogP contribution in [0.3, 0.4) is 0 Å². The van der Waals surface area contributed by atoms with Gasteiger partial charge in [-0.2, -0.15) is 0 Å². The lowest BCUT2D eigenvalue weighted by atomic mass is 9.96. The third-order valence-corrected chi connectivity index (χ3v) is 5.44. The van der Waals surface area contributed by atoms with Gasteiger partial charge in [0.05, 0.1) is 16.6 Å². The van der Waals surface area contributed by atoms with E-state index in [4.69, 9.17) is 9.72 Å². The molecule has 2 atom stereocenters. The number of fused-ring (bicyclic) bond motifs is 3. The van der Waals surface area contributed by atoms with E-state index in [1.807, 2.05) is 47.0 Å². The number of carbonyl (C=O) groups excluding carboxylic acids is 1. The molecule has 1 N–H and O–H groups in total. The van der Waals surface area contributed by atoms with Crippen LogP contribution in [-0.4, -0.2) is 15.5 Å². The summed E-state index contributed by atoms with van der Waals surface area (Å²) >= 11 is 0. The third kappa shape index (κ3) is 3.07. The van der Waals surface area contributed by atoms with Gasteiger partial charge in [0.15, 0.2) is 0 Å². The summed E-state index contributed by atoms with van der Waals surface area (Å²) in [5.74, 6) is 0.715. The maximum absolute atomic E-state index is 12.9. The highest BCUT2D eigenvalue weighted by atomic mass is 16.6. The molecular weight excluding hydrogens is 350 g/mol. The first kappa shape index (κ1) is 18.3. The van der Waals surface area contributed by atoms with Gasteiger partial charge in [-0.3, -0.25) is 4.57 Å².